The van der Waals surface area contributed by atoms with Crippen molar-refractivity contribution < 1.29 is 22.7 Å². The van der Waals surface area contributed by atoms with Gasteiger partial charge in [0.25, 0.3) is 0 Å². The zero-order valence-corrected chi connectivity index (χ0v) is 14.2. The molecule has 1 amide bonds. The van der Waals surface area contributed by atoms with Gasteiger partial charge in [0, 0.05) is 0 Å². The van der Waals surface area contributed by atoms with Crippen LogP contribution >= 0.6 is 0 Å². The highest BCUT2D eigenvalue weighted by atomic mass is 19.4. The average Bonchev–Trinajstić information content (AvgIpc) is 3.09. The number of H-pyrrole nitrogens is 1. The van der Waals surface area contributed by atoms with E-state index in [2.05, 4.69) is 20.5 Å². The summed E-state index contributed by atoms with van der Waals surface area (Å²) in [6.45, 7) is 0. The van der Waals surface area contributed by atoms with Gasteiger partial charge in [0.2, 0.25) is 11.9 Å². The molecule has 0 bridgehead atoms. The van der Waals surface area contributed by atoms with E-state index in [-0.39, 0.29) is 12.4 Å². The Kier molecular flexibility index (Phi) is 5.11. The molecule has 3 aromatic rings. The van der Waals surface area contributed by atoms with Gasteiger partial charge in [-0.25, -0.2) is 0 Å². The first-order valence-corrected chi connectivity index (χ1v) is 7.88. The molecule has 0 aliphatic rings. The van der Waals surface area contributed by atoms with E-state index in [1.807, 2.05) is 12.1 Å². The number of halogens is 3. The number of anilines is 1. The maximum absolute atomic E-state index is 12.6. The number of methoxy groups -OCH3 is 1. The van der Waals surface area contributed by atoms with Crippen molar-refractivity contribution in [3.05, 3.63) is 59.7 Å². The molecular formula is C18H15F3N4O2. The number of carbonyl (C=O) groups is 1. The van der Waals surface area contributed by atoms with Crippen molar-refractivity contribution in [1.82, 2.24) is 15.2 Å². The van der Waals surface area contributed by atoms with Crippen LogP contribution in [0, 0.1) is 0 Å². The molecule has 2 aromatic carbocycles. The topological polar surface area (TPSA) is 79.9 Å². The Hall–Kier alpha value is -3.36. The normalized spacial score (nSPS) is 11.3. The second-order valence-electron chi connectivity index (χ2n) is 5.63. The van der Waals surface area contributed by atoms with Crippen LogP contribution in [0.1, 0.15) is 11.1 Å². The predicted molar refractivity (Wildman–Crippen MR) is 92.1 cm³/mol. The summed E-state index contributed by atoms with van der Waals surface area (Å²) in [6, 6.07) is 11.6. The summed E-state index contributed by atoms with van der Waals surface area (Å²) < 4.78 is 42.9. The second kappa shape index (κ2) is 7.48. The fourth-order valence-electron chi connectivity index (χ4n) is 2.44. The molecule has 1 aromatic heterocycles. The Balaban J connectivity index is 1.66. The molecule has 0 unspecified atom stereocenters. The number of aromatic nitrogens is 3. The zero-order valence-electron chi connectivity index (χ0n) is 14.2. The van der Waals surface area contributed by atoms with Gasteiger partial charge < -0.3 is 4.74 Å². The number of nitrogens with zero attached hydrogens (tertiary/aromatic N) is 2. The Bertz CT molecular complexity index is 936. The number of rotatable bonds is 5. The Labute approximate surface area is 152 Å². The summed E-state index contributed by atoms with van der Waals surface area (Å²) in [4.78, 5) is 16.3. The standard InChI is InChI=1S/C18H15F3N4O2/c1-27-14-5-3-2-4-13(14)16-23-17(25-24-16)22-15(26)10-11-6-8-12(9-7-11)18(19,20)21/h2-9H,10H2,1H3,(H2,22,23,24,25,26). The minimum Gasteiger partial charge on any atom is -0.496 e. The molecular weight excluding hydrogens is 361 g/mol. The van der Waals surface area contributed by atoms with Gasteiger partial charge in [-0.15, -0.1) is 5.10 Å². The minimum atomic E-state index is -4.41. The number of nitrogens with one attached hydrogen (secondary N) is 2. The van der Waals surface area contributed by atoms with Crippen LogP contribution in [0.5, 0.6) is 5.75 Å². The van der Waals surface area contributed by atoms with Gasteiger partial charge in [-0.1, -0.05) is 24.3 Å². The molecule has 0 saturated heterocycles. The third kappa shape index (κ3) is 4.43. The smallest absolute Gasteiger partial charge is 0.416 e. The molecule has 1 heterocycles. The third-order valence-corrected chi connectivity index (χ3v) is 3.74. The number of ether oxygens (including phenoxy) is 1. The third-order valence-electron chi connectivity index (χ3n) is 3.74. The summed E-state index contributed by atoms with van der Waals surface area (Å²) in [7, 11) is 1.53. The molecule has 140 valence electrons. The number of para-hydroxylation sites is 1. The lowest BCUT2D eigenvalue weighted by Gasteiger charge is -2.07. The minimum absolute atomic E-state index is 0.0628. The predicted octanol–water partition coefficient (Wildman–Crippen LogP) is 3.68. The summed E-state index contributed by atoms with van der Waals surface area (Å²) in [6.07, 6.45) is -4.51. The monoisotopic (exact) mass is 376 g/mol. The summed E-state index contributed by atoms with van der Waals surface area (Å²) in [5.74, 6) is 0.627. The molecule has 3 rings (SSSR count). The van der Waals surface area contributed by atoms with E-state index in [0.29, 0.717) is 22.7 Å². The number of hydrogen-bond donors (Lipinski definition) is 2. The largest absolute Gasteiger partial charge is 0.496 e. The van der Waals surface area contributed by atoms with Crippen LogP contribution in [-0.4, -0.2) is 28.2 Å². The Morgan fingerprint density at radius 2 is 1.85 bits per heavy atom. The number of amides is 1. The zero-order chi connectivity index (χ0) is 19.4. The number of carbonyl (C=O) groups excluding carboxylic acids is 1. The van der Waals surface area contributed by atoms with Gasteiger partial charge in [0.1, 0.15) is 5.75 Å². The number of aromatic amines is 1. The van der Waals surface area contributed by atoms with Gasteiger partial charge in [0.05, 0.1) is 24.7 Å². The van der Waals surface area contributed by atoms with Gasteiger partial charge in [-0.2, -0.15) is 18.2 Å². The van der Waals surface area contributed by atoms with Crippen LogP contribution in [0.15, 0.2) is 48.5 Å². The van der Waals surface area contributed by atoms with Gasteiger partial charge in [0.15, 0.2) is 5.82 Å². The van der Waals surface area contributed by atoms with E-state index >= 15 is 0 Å². The summed E-state index contributed by atoms with van der Waals surface area (Å²) >= 11 is 0. The lowest BCUT2D eigenvalue weighted by Crippen LogP contribution is -2.15. The SMILES string of the molecule is COc1ccccc1-c1nc(NC(=O)Cc2ccc(C(F)(F)F)cc2)n[nH]1. The highest BCUT2D eigenvalue weighted by Gasteiger charge is 2.30. The van der Waals surface area contributed by atoms with E-state index < -0.39 is 17.6 Å². The maximum atomic E-state index is 12.6. The van der Waals surface area contributed by atoms with E-state index in [9.17, 15) is 18.0 Å². The van der Waals surface area contributed by atoms with E-state index in [4.69, 9.17) is 4.74 Å². The lowest BCUT2D eigenvalue weighted by atomic mass is 10.1. The molecule has 0 aliphatic carbocycles. The average molecular weight is 376 g/mol. The Morgan fingerprint density at radius 1 is 1.15 bits per heavy atom. The first-order valence-electron chi connectivity index (χ1n) is 7.88. The van der Waals surface area contributed by atoms with Crippen LogP contribution < -0.4 is 10.1 Å². The molecule has 0 saturated carbocycles. The summed E-state index contributed by atoms with van der Waals surface area (Å²) in [5.41, 5.74) is 0.360. The van der Waals surface area contributed by atoms with Crippen molar-refractivity contribution in [3.8, 4) is 17.1 Å². The lowest BCUT2D eigenvalue weighted by molar-refractivity contribution is -0.137. The second-order valence-corrected chi connectivity index (χ2v) is 5.63. The van der Waals surface area contributed by atoms with Crippen LogP contribution in [0.2, 0.25) is 0 Å². The molecule has 6 nitrogen and oxygen atoms in total. The van der Waals surface area contributed by atoms with Crippen molar-refractivity contribution in [1.29, 1.82) is 0 Å². The first-order chi connectivity index (χ1) is 12.9. The molecule has 0 fully saturated rings. The maximum Gasteiger partial charge on any atom is 0.416 e. The number of alkyl halides is 3. The van der Waals surface area contributed by atoms with Crippen molar-refractivity contribution in [2.24, 2.45) is 0 Å². The molecule has 0 atom stereocenters. The Morgan fingerprint density at radius 3 is 2.52 bits per heavy atom. The van der Waals surface area contributed by atoms with Gasteiger partial charge >= 0.3 is 6.18 Å². The number of benzene rings is 2. The van der Waals surface area contributed by atoms with E-state index in [1.165, 1.54) is 19.2 Å². The van der Waals surface area contributed by atoms with E-state index in [1.54, 1.807) is 12.1 Å². The van der Waals surface area contributed by atoms with Crippen LogP contribution in [0.4, 0.5) is 19.1 Å². The van der Waals surface area contributed by atoms with Crippen molar-refractivity contribution in [2.45, 2.75) is 12.6 Å². The van der Waals surface area contributed by atoms with Crippen molar-refractivity contribution in [2.75, 3.05) is 12.4 Å². The molecule has 0 spiro atoms. The fraction of sp³-hybridized carbons (Fsp3) is 0.167. The van der Waals surface area contributed by atoms with Crippen LogP contribution in [-0.2, 0) is 17.4 Å². The quantitative estimate of drug-likeness (QED) is 0.712. The molecule has 2 N–H and O–H groups in total. The van der Waals surface area contributed by atoms with Crippen LogP contribution in [0.3, 0.4) is 0 Å². The first kappa shape index (κ1) is 18.4. The summed E-state index contributed by atoms with van der Waals surface area (Å²) in [5, 5.41) is 9.14. The molecule has 9 heteroatoms. The van der Waals surface area contributed by atoms with Gasteiger partial charge in [-0.3, -0.25) is 15.2 Å². The highest BCUT2D eigenvalue weighted by molar-refractivity contribution is 5.90. The molecule has 0 radical (unpaired) electrons. The molecule has 0 aliphatic heterocycles. The molecule has 27 heavy (non-hydrogen) atoms. The highest BCUT2D eigenvalue weighted by Crippen LogP contribution is 2.29. The van der Waals surface area contributed by atoms with E-state index in [0.717, 1.165) is 12.1 Å². The number of hydrogen-bond acceptors (Lipinski definition) is 4. The van der Waals surface area contributed by atoms with Crippen LogP contribution in [0.25, 0.3) is 11.4 Å². The fourth-order valence-corrected chi connectivity index (χ4v) is 2.44. The van der Waals surface area contributed by atoms with Crippen molar-refractivity contribution in [3.63, 3.8) is 0 Å². The van der Waals surface area contributed by atoms with Crippen molar-refractivity contribution >= 4 is 11.9 Å². The van der Waals surface area contributed by atoms with Gasteiger partial charge in [-0.05, 0) is 29.8 Å².